The Hall–Kier alpha value is -1.88. The number of rotatable bonds is 5. The van der Waals surface area contributed by atoms with Crippen LogP contribution in [0.25, 0.3) is 0 Å². The zero-order valence-electron chi connectivity index (χ0n) is 16.1. The lowest BCUT2D eigenvalue weighted by molar-refractivity contribution is 0.203. The fraction of sp³-hybridized carbons (Fsp3) is 0.429. The summed E-state index contributed by atoms with van der Waals surface area (Å²) in [6.45, 7) is 9.31. The molecule has 3 rings (SSSR count). The molecular weight excluding hydrogens is 390 g/mol. The van der Waals surface area contributed by atoms with Gasteiger partial charge in [0, 0.05) is 26.4 Å². The maximum absolute atomic E-state index is 6.23. The Labute approximate surface area is 164 Å². The van der Waals surface area contributed by atoms with E-state index in [0.29, 0.717) is 5.88 Å². The average Bonchev–Trinajstić information content (AvgIpc) is 2.97. The first-order valence-corrected chi connectivity index (χ1v) is 9.84. The first-order chi connectivity index (χ1) is 12.4. The summed E-state index contributed by atoms with van der Waals surface area (Å²) in [6, 6.07) is 6.57. The van der Waals surface area contributed by atoms with E-state index in [1.54, 1.807) is 0 Å². The second-order valence-electron chi connectivity index (χ2n) is 7.05. The molecule has 0 N–H and O–H groups in total. The zero-order valence-corrected chi connectivity index (χ0v) is 17.7. The van der Waals surface area contributed by atoms with Crippen molar-refractivity contribution in [2.45, 2.75) is 46.6 Å². The van der Waals surface area contributed by atoms with Crippen LogP contribution in [0.2, 0.25) is 0 Å². The number of nitrogens with zero attached hydrogens (tertiary/aromatic N) is 3. The van der Waals surface area contributed by atoms with Crippen LogP contribution in [0.3, 0.4) is 0 Å². The zero-order chi connectivity index (χ0) is 18.8. The predicted molar refractivity (Wildman–Crippen MR) is 111 cm³/mol. The Morgan fingerprint density at radius 1 is 1.19 bits per heavy atom. The van der Waals surface area contributed by atoms with Crippen molar-refractivity contribution in [3.63, 3.8) is 0 Å². The summed E-state index contributed by atoms with van der Waals surface area (Å²) >= 11 is 3.60. The van der Waals surface area contributed by atoms with Crippen molar-refractivity contribution in [3.05, 3.63) is 50.6 Å². The third kappa shape index (κ3) is 4.09. The Balaban J connectivity index is 1.75. The molecule has 1 aromatic heterocycles. The van der Waals surface area contributed by atoms with E-state index < -0.39 is 0 Å². The fourth-order valence-electron chi connectivity index (χ4n) is 3.12. The van der Waals surface area contributed by atoms with Gasteiger partial charge in [-0.05, 0) is 71.9 Å². The summed E-state index contributed by atoms with van der Waals surface area (Å²) in [5, 5.41) is 0. The molecule has 1 aliphatic rings. The van der Waals surface area contributed by atoms with Gasteiger partial charge in [0.05, 0.1) is 22.2 Å². The Kier molecular flexibility index (Phi) is 5.66. The molecule has 0 saturated heterocycles. The smallest absolute Gasteiger partial charge is 0.228 e. The lowest BCUT2D eigenvalue weighted by Gasteiger charge is -2.15. The van der Waals surface area contributed by atoms with Crippen molar-refractivity contribution in [1.82, 2.24) is 9.88 Å². The molecule has 0 atom stereocenters. The number of benzene rings is 1. The molecule has 0 unspecified atom stereocenters. The molecule has 0 aliphatic heterocycles. The minimum atomic E-state index is 0.134. The summed E-state index contributed by atoms with van der Waals surface area (Å²) < 4.78 is 7.08. The molecule has 0 saturated carbocycles. The second kappa shape index (κ2) is 7.78. The lowest BCUT2D eigenvalue weighted by atomic mass is 10.0. The van der Waals surface area contributed by atoms with Crippen molar-refractivity contribution in [2.75, 3.05) is 13.6 Å². The molecule has 1 aliphatic carbocycles. The number of hydrogen-bond donors (Lipinski definition) is 0. The summed E-state index contributed by atoms with van der Waals surface area (Å²) in [5.41, 5.74) is 7.21. The summed E-state index contributed by atoms with van der Waals surface area (Å²) in [7, 11) is 2.00. The topological polar surface area (TPSA) is 37.7 Å². The molecule has 0 fully saturated rings. The van der Waals surface area contributed by atoms with E-state index in [1.165, 1.54) is 22.3 Å². The summed E-state index contributed by atoms with van der Waals surface area (Å²) in [4.78, 5) is 11.2. The van der Waals surface area contributed by atoms with Crippen LogP contribution in [-0.2, 0) is 12.8 Å². The number of pyridine rings is 1. The van der Waals surface area contributed by atoms with Crippen LogP contribution in [0.5, 0.6) is 5.88 Å². The molecule has 1 heterocycles. The van der Waals surface area contributed by atoms with Gasteiger partial charge in [-0.15, -0.1) is 0 Å². The first-order valence-electron chi connectivity index (χ1n) is 9.04. The highest BCUT2D eigenvalue weighted by Crippen LogP contribution is 2.33. The molecule has 0 radical (unpaired) electrons. The lowest BCUT2D eigenvalue weighted by Crippen LogP contribution is -2.17. The highest BCUT2D eigenvalue weighted by molar-refractivity contribution is 9.10. The van der Waals surface area contributed by atoms with Gasteiger partial charge in [-0.2, -0.15) is 0 Å². The van der Waals surface area contributed by atoms with Crippen LogP contribution < -0.4 is 4.74 Å². The monoisotopic (exact) mass is 415 g/mol. The second-order valence-corrected chi connectivity index (χ2v) is 7.91. The van der Waals surface area contributed by atoms with E-state index in [1.807, 2.05) is 31.3 Å². The summed E-state index contributed by atoms with van der Waals surface area (Å²) in [5.74, 6) is 0.650. The van der Waals surface area contributed by atoms with Gasteiger partial charge in [0.15, 0.2) is 0 Å². The van der Waals surface area contributed by atoms with Crippen LogP contribution in [0.15, 0.2) is 27.7 Å². The van der Waals surface area contributed by atoms with E-state index in [9.17, 15) is 0 Å². The molecule has 0 spiro atoms. The minimum absolute atomic E-state index is 0.134. The van der Waals surface area contributed by atoms with E-state index in [4.69, 9.17) is 4.74 Å². The van der Waals surface area contributed by atoms with E-state index in [-0.39, 0.29) is 6.10 Å². The van der Waals surface area contributed by atoms with Crippen LogP contribution in [-0.4, -0.2) is 35.9 Å². The van der Waals surface area contributed by atoms with Gasteiger partial charge >= 0.3 is 0 Å². The molecule has 0 amide bonds. The molecular formula is C21H26BrN3O. The summed E-state index contributed by atoms with van der Waals surface area (Å²) in [6.07, 6.45) is 3.83. The molecule has 138 valence electrons. The van der Waals surface area contributed by atoms with Gasteiger partial charge in [0.25, 0.3) is 0 Å². The number of fused-ring (bicyclic) bond motifs is 1. The van der Waals surface area contributed by atoms with E-state index in [2.05, 4.69) is 58.8 Å². The maximum atomic E-state index is 6.23. The van der Waals surface area contributed by atoms with Gasteiger partial charge in [-0.25, -0.2) is 9.98 Å². The van der Waals surface area contributed by atoms with Gasteiger partial charge in [0.2, 0.25) is 5.88 Å². The van der Waals surface area contributed by atoms with Crippen molar-refractivity contribution in [2.24, 2.45) is 4.99 Å². The Morgan fingerprint density at radius 2 is 1.81 bits per heavy atom. The fourth-order valence-corrected chi connectivity index (χ4v) is 3.52. The Bertz CT molecular complexity index is 817. The van der Waals surface area contributed by atoms with E-state index >= 15 is 0 Å². The van der Waals surface area contributed by atoms with Crippen molar-refractivity contribution in [3.8, 4) is 5.88 Å². The minimum Gasteiger partial charge on any atom is -0.473 e. The Morgan fingerprint density at radius 3 is 2.38 bits per heavy atom. The largest absolute Gasteiger partial charge is 0.473 e. The van der Waals surface area contributed by atoms with Crippen LogP contribution in [0.1, 0.15) is 34.9 Å². The number of halogens is 1. The highest BCUT2D eigenvalue weighted by atomic mass is 79.9. The number of hydrogen-bond acceptors (Lipinski definition) is 3. The SMILES string of the molecule is CCN(C)C=Nc1cc(Br)c(OC2Cc3cc(C)c(C)cc3C2)nc1C. The molecule has 5 heteroatoms. The highest BCUT2D eigenvalue weighted by Gasteiger charge is 2.25. The quantitative estimate of drug-likeness (QED) is 0.513. The number of ether oxygens (including phenoxy) is 1. The predicted octanol–water partition coefficient (Wildman–Crippen LogP) is 4.93. The standard InChI is InChI=1S/C21H26BrN3O/c1-6-25(5)12-23-20-11-19(22)21(24-15(20)4)26-18-9-16-7-13(2)14(3)8-17(16)10-18/h7-8,11-12,18H,6,9-10H2,1-5H3. The maximum Gasteiger partial charge on any atom is 0.228 e. The van der Waals surface area contributed by atoms with Gasteiger partial charge < -0.3 is 9.64 Å². The van der Waals surface area contributed by atoms with Crippen molar-refractivity contribution < 1.29 is 4.74 Å². The van der Waals surface area contributed by atoms with Gasteiger partial charge in [0.1, 0.15) is 6.10 Å². The normalized spacial score (nSPS) is 14.1. The number of aryl methyl sites for hydroxylation is 3. The molecule has 1 aromatic carbocycles. The van der Waals surface area contributed by atoms with Crippen LogP contribution >= 0.6 is 15.9 Å². The number of aliphatic imine (C=N–C) groups is 1. The third-order valence-corrected chi connectivity index (χ3v) is 5.56. The van der Waals surface area contributed by atoms with Crippen molar-refractivity contribution >= 4 is 28.0 Å². The van der Waals surface area contributed by atoms with E-state index in [0.717, 1.165) is 35.2 Å². The third-order valence-electron chi connectivity index (χ3n) is 4.99. The van der Waals surface area contributed by atoms with Crippen LogP contribution in [0.4, 0.5) is 5.69 Å². The molecule has 0 bridgehead atoms. The molecule has 4 nitrogen and oxygen atoms in total. The molecule has 26 heavy (non-hydrogen) atoms. The first kappa shape index (κ1) is 18.9. The van der Waals surface area contributed by atoms with Crippen LogP contribution in [0, 0.1) is 20.8 Å². The van der Waals surface area contributed by atoms with Gasteiger partial charge in [-0.1, -0.05) is 12.1 Å². The van der Waals surface area contributed by atoms with Crippen molar-refractivity contribution in [1.29, 1.82) is 0 Å². The number of aromatic nitrogens is 1. The molecule has 2 aromatic rings. The van der Waals surface area contributed by atoms with Gasteiger partial charge in [-0.3, -0.25) is 0 Å². The average molecular weight is 416 g/mol.